The van der Waals surface area contributed by atoms with Crippen LogP contribution < -0.4 is 5.73 Å². The summed E-state index contributed by atoms with van der Waals surface area (Å²) in [6, 6.07) is 4.29. The van der Waals surface area contributed by atoms with E-state index in [9.17, 15) is 18.3 Å². The fraction of sp³-hybridized carbons (Fsp3) is 0.417. The van der Waals surface area contributed by atoms with Crippen molar-refractivity contribution in [3.8, 4) is 0 Å². The first-order valence-electron chi connectivity index (χ1n) is 5.91. The first kappa shape index (κ1) is 14.0. The van der Waals surface area contributed by atoms with Gasteiger partial charge in [-0.05, 0) is 31.0 Å². The number of nitrogens with zero attached hydrogens (tertiary/aromatic N) is 1. The molecule has 104 valence electrons. The van der Waals surface area contributed by atoms with Crippen LogP contribution in [-0.2, 0) is 10.0 Å². The lowest BCUT2D eigenvalue weighted by molar-refractivity contribution is 0.0999. The molecule has 1 fully saturated rings. The van der Waals surface area contributed by atoms with Crippen molar-refractivity contribution in [1.82, 2.24) is 4.31 Å². The predicted molar refractivity (Wildman–Crippen MR) is 69.1 cm³/mol. The third-order valence-corrected chi connectivity index (χ3v) is 5.10. The van der Waals surface area contributed by atoms with E-state index in [2.05, 4.69) is 0 Å². The smallest absolute Gasteiger partial charge is 0.249 e. The minimum Gasteiger partial charge on any atom is -0.392 e. The molecule has 6 nitrogen and oxygen atoms in total. The zero-order valence-corrected chi connectivity index (χ0v) is 11.4. The average molecular weight is 284 g/mol. The van der Waals surface area contributed by atoms with Gasteiger partial charge in [0.25, 0.3) is 0 Å². The zero-order chi connectivity index (χ0) is 14.2. The van der Waals surface area contributed by atoms with Crippen LogP contribution in [0.4, 0.5) is 0 Å². The van der Waals surface area contributed by atoms with Gasteiger partial charge in [-0.15, -0.1) is 0 Å². The van der Waals surface area contributed by atoms with Crippen molar-refractivity contribution in [1.29, 1.82) is 0 Å². The van der Waals surface area contributed by atoms with E-state index in [0.29, 0.717) is 12.0 Å². The van der Waals surface area contributed by atoms with Gasteiger partial charge in [0.2, 0.25) is 15.9 Å². The Labute approximate surface area is 111 Å². The molecule has 0 unspecified atom stereocenters. The van der Waals surface area contributed by atoms with Crippen molar-refractivity contribution in [2.24, 2.45) is 5.73 Å². The minimum atomic E-state index is -3.68. The van der Waals surface area contributed by atoms with E-state index >= 15 is 0 Å². The van der Waals surface area contributed by atoms with Gasteiger partial charge in [0.05, 0.1) is 11.0 Å². The molecule has 3 N–H and O–H groups in total. The van der Waals surface area contributed by atoms with Gasteiger partial charge in [-0.2, -0.15) is 4.31 Å². The number of rotatable bonds is 3. The number of sulfonamides is 1. The number of carbonyl (C=O) groups is 1. The van der Waals surface area contributed by atoms with Crippen molar-refractivity contribution in [2.75, 3.05) is 13.1 Å². The standard InChI is InChI=1S/C12H16N2O4S/c1-8-2-3-10(6-11(8)12(13)16)19(17,18)14-5-4-9(15)7-14/h2-3,6,9,15H,4-5,7H2,1H3,(H2,13,16)/t9-/m0/s1. The Hall–Kier alpha value is -1.44. The van der Waals surface area contributed by atoms with E-state index in [4.69, 9.17) is 5.73 Å². The van der Waals surface area contributed by atoms with E-state index in [0.717, 1.165) is 0 Å². The molecule has 2 rings (SSSR count). The second-order valence-electron chi connectivity index (χ2n) is 4.65. The molecule has 1 aromatic carbocycles. The summed E-state index contributed by atoms with van der Waals surface area (Å²) < 4.78 is 25.9. The maximum Gasteiger partial charge on any atom is 0.249 e. The number of β-amino-alcohol motifs (C(OH)–C–C–N with tert-alkyl or cyclic N) is 1. The Morgan fingerprint density at radius 1 is 1.47 bits per heavy atom. The molecule has 0 saturated carbocycles. The molecule has 1 heterocycles. The largest absolute Gasteiger partial charge is 0.392 e. The van der Waals surface area contributed by atoms with Crippen molar-refractivity contribution in [3.05, 3.63) is 29.3 Å². The number of amides is 1. The molecule has 1 aromatic rings. The molecule has 1 atom stereocenters. The number of hydrogen-bond acceptors (Lipinski definition) is 4. The first-order valence-corrected chi connectivity index (χ1v) is 7.35. The Morgan fingerprint density at radius 2 is 2.16 bits per heavy atom. The van der Waals surface area contributed by atoms with Gasteiger partial charge in [0, 0.05) is 18.7 Å². The van der Waals surface area contributed by atoms with Crippen LogP contribution in [0.2, 0.25) is 0 Å². The number of benzene rings is 1. The summed E-state index contributed by atoms with van der Waals surface area (Å²) in [6.07, 6.45) is -0.204. The molecule has 0 spiro atoms. The van der Waals surface area contributed by atoms with Gasteiger partial charge in [-0.1, -0.05) is 6.07 Å². The highest BCUT2D eigenvalue weighted by atomic mass is 32.2. The predicted octanol–water partition coefficient (Wildman–Crippen LogP) is -0.151. The van der Waals surface area contributed by atoms with Gasteiger partial charge in [-0.3, -0.25) is 4.79 Å². The number of aryl methyl sites for hydroxylation is 1. The molecular weight excluding hydrogens is 268 g/mol. The minimum absolute atomic E-state index is 0.0287. The van der Waals surface area contributed by atoms with Crippen molar-refractivity contribution in [2.45, 2.75) is 24.3 Å². The van der Waals surface area contributed by atoms with Gasteiger partial charge in [0.1, 0.15) is 0 Å². The Morgan fingerprint density at radius 3 is 2.68 bits per heavy atom. The van der Waals surface area contributed by atoms with E-state index in [-0.39, 0.29) is 23.5 Å². The van der Waals surface area contributed by atoms with Crippen LogP contribution in [0.25, 0.3) is 0 Å². The van der Waals surface area contributed by atoms with Crippen LogP contribution in [-0.4, -0.2) is 42.9 Å². The van der Waals surface area contributed by atoms with Crippen LogP contribution >= 0.6 is 0 Å². The molecule has 7 heteroatoms. The lowest BCUT2D eigenvalue weighted by Gasteiger charge is -2.16. The molecule has 0 radical (unpaired) electrons. The number of aliphatic hydroxyl groups excluding tert-OH is 1. The van der Waals surface area contributed by atoms with E-state index in [1.54, 1.807) is 13.0 Å². The summed E-state index contributed by atoms with van der Waals surface area (Å²) in [4.78, 5) is 11.3. The highest BCUT2D eigenvalue weighted by Crippen LogP contribution is 2.23. The highest BCUT2D eigenvalue weighted by Gasteiger charge is 2.31. The maximum atomic E-state index is 12.3. The van der Waals surface area contributed by atoms with Gasteiger partial charge >= 0.3 is 0 Å². The molecule has 1 aliphatic rings. The zero-order valence-electron chi connectivity index (χ0n) is 10.5. The van der Waals surface area contributed by atoms with Crippen LogP contribution in [0.15, 0.2) is 23.1 Å². The van der Waals surface area contributed by atoms with E-state index in [1.165, 1.54) is 16.4 Å². The number of carbonyl (C=O) groups excluding carboxylic acids is 1. The first-order chi connectivity index (χ1) is 8.82. The summed E-state index contributed by atoms with van der Waals surface area (Å²) in [7, 11) is -3.68. The second kappa shape index (κ2) is 4.92. The third-order valence-electron chi connectivity index (χ3n) is 3.24. The monoisotopic (exact) mass is 284 g/mol. The number of nitrogens with two attached hydrogens (primary N) is 1. The number of aliphatic hydroxyl groups is 1. The van der Waals surface area contributed by atoms with Crippen LogP contribution in [0.3, 0.4) is 0 Å². The fourth-order valence-corrected chi connectivity index (χ4v) is 3.62. The summed E-state index contributed by atoms with van der Waals surface area (Å²) >= 11 is 0. The highest BCUT2D eigenvalue weighted by molar-refractivity contribution is 7.89. The summed E-state index contributed by atoms with van der Waals surface area (Å²) in [6.45, 7) is 2.06. The molecule has 0 bridgehead atoms. The molecule has 0 aliphatic carbocycles. The topological polar surface area (TPSA) is 101 Å². The Bertz CT molecular complexity index is 612. The summed E-state index contributed by atoms with van der Waals surface area (Å²) in [5.41, 5.74) is 6.04. The SMILES string of the molecule is Cc1ccc(S(=O)(=O)N2CC[C@H](O)C2)cc1C(N)=O. The van der Waals surface area contributed by atoms with Crippen LogP contribution in [0.1, 0.15) is 22.3 Å². The Kier molecular flexibility index (Phi) is 3.62. The summed E-state index contributed by atoms with van der Waals surface area (Å²) in [5, 5.41) is 9.42. The molecule has 1 saturated heterocycles. The molecule has 1 aliphatic heterocycles. The third kappa shape index (κ3) is 2.63. The quantitative estimate of drug-likeness (QED) is 0.806. The molecule has 1 amide bonds. The van der Waals surface area contributed by atoms with Crippen molar-refractivity contribution < 1.29 is 18.3 Å². The molecular formula is C12H16N2O4S. The van der Waals surface area contributed by atoms with E-state index in [1.807, 2.05) is 0 Å². The van der Waals surface area contributed by atoms with Crippen molar-refractivity contribution in [3.63, 3.8) is 0 Å². The normalized spacial score (nSPS) is 20.6. The lowest BCUT2D eigenvalue weighted by atomic mass is 10.1. The van der Waals surface area contributed by atoms with Gasteiger partial charge in [-0.25, -0.2) is 8.42 Å². The second-order valence-corrected chi connectivity index (χ2v) is 6.58. The van der Waals surface area contributed by atoms with Crippen molar-refractivity contribution >= 4 is 15.9 Å². The number of hydrogen-bond donors (Lipinski definition) is 2. The summed E-state index contributed by atoms with van der Waals surface area (Å²) in [5.74, 6) is -0.656. The Balaban J connectivity index is 2.41. The number of primary amides is 1. The molecule has 0 aromatic heterocycles. The van der Waals surface area contributed by atoms with Gasteiger partial charge in [0.15, 0.2) is 0 Å². The van der Waals surface area contributed by atoms with Gasteiger partial charge < -0.3 is 10.8 Å². The van der Waals surface area contributed by atoms with E-state index < -0.39 is 22.0 Å². The maximum absolute atomic E-state index is 12.3. The fourth-order valence-electron chi connectivity index (χ4n) is 2.11. The average Bonchev–Trinajstić information content (AvgIpc) is 2.76. The molecule has 19 heavy (non-hydrogen) atoms. The lowest BCUT2D eigenvalue weighted by Crippen LogP contribution is -2.30. The van der Waals surface area contributed by atoms with Crippen LogP contribution in [0.5, 0.6) is 0 Å². The van der Waals surface area contributed by atoms with Crippen LogP contribution in [0, 0.1) is 6.92 Å².